The number of hydrogen-bond donors (Lipinski definition) is 2. The molecular formula is C13H14N2O2S. The zero-order chi connectivity index (χ0) is 13.1. The number of phenolic OH excluding ortho intramolecular Hbond substituents is 1. The number of rotatable bonds is 3. The van der Waals surface area contributed by atoms with E-state index in [1.807, 2.05) is 13.8 Å². The molecule has 94 valence electrons. The molecule has 0 saturated carbocycles. The van der Waals surface area contributed by atoms with Gasteiger partial charge in [0.1, 0.15) is 10.8 Å². The largest absolute Gasteiger partial charge is 0.507 e. The molecule has 2 N–H and O–H groups in total. The van der Waals surface area contributed by atoms with Gasteiger partial charge >= 0.3 is 0 Å². The lowest BCUT2D eigenvalue weighted by atomic mass is 10.1. The molecule has 0 bridgehead atoms. The second-order valence-corrected chi connectivity index (χ2v) is 5.39. The van der Waals surface area contributed by atoms with Crippen LogP contribution in [0, 0.1) is 13.8 Å². The van der Waals surface area contributed by atoms with Crippen LogP contribution in [0.15, 0.2) is 24.4 Å². The monoisotopic (exact) mass is 262 g/mol. The molecule has 0 saturated heterocycles. The Labute approximate surface area is 109 Å². The summed E-state index contributed by atoms with van der Waals surface area (Å²) in [5, 5.41) is 13.2. The fraction of sp³-hybridized carbons (Fsp3) is 0.231. The van der Waals surface area contributed by atoms with Crippen molar-refractivity contribution >= 4 is 17.2 Å². The Hall–Kier alpha value is -1.88. The zero-order valence-electron chi connectivity index (χ0n) is 10.2. The predicted octanol–water partition coefficient (Wildman–Crippen LogP) is 2.40. The molecule has 0 aliphatic heterocycles. The van der Waals surface area contributed by atoms with Crippen LogP contribution >= 0.6 is 11.3 Å². The summed E-state index contributed by atoms with van der Waals surface area (Å²) in [7, 11) is 0. The number of carbonyl (C=O) groups excluding carboxylic acids is 1. The average Bonchev–Trinajstić information content (AvgIpc) is 2.75. The fourth-order valence-corrected chi connectivity index (χ4v) is 2.29. The number of aryl methyl sites for hydroxylation is 2. The normalized spacial score (nSPS) is 10.3. The van der Waals surface area contributed by atoms with Crippen LogP contribution in [-0.2, 0) is 6.54 Å². The van der Waals surface area contributed by atoms with Gasteiger partial charge in [0, 0.05) is 11.1 Å². The molecule has 0 fully saturated rings. The number of phenols is 1. The number of nitrogens with one attached hydrogen (secondary N) is 1. The van der Waals surface area contributed by atoms with Gasteiger partial charge in [-0.1, -0.05) is 11.6 Å². The van der Waals surface area contributed by atoms with Crippen molar-refractivity contribution in [2.45, 2.75) is 20.4 Å². The second-order valence-electron chi connectivity index (χ2n) is 4.07. The first-order valence-corrected chi connectivity index (χ1v) is 6.37. The first-order valence-electron chi connectivity index (χ1n) is 5.55. The summed E-state index contributed by atoms with van der Waals surface area (Å²) in [6.45, 7) is 4.22. The van der Waals surface area contributed by atoms with Crippen molar-refractivity contribution in [1.29, 1.82) is 0 Å². The van der Waals surface area contributed by atoms with Gasteiger partial charge in [-0.3, -0.25) is 4.79 Å². The van der Waals surface area contributed by atoms with Gasteiger partial charge in [-0.15, -0.1) is 11.3 Å². The van der Waals surface area contributed by atoms with Crippen molar-refractivity contribution in [2.75, 3.05) is 0 Å². The van der Waals surface area contributed by atoms with E-state index in [2.05, 4.69) is 10.3 Å². The summed E-state index contributed by atoms with van der Waals surface area (Å²) in [6, 6.07) is 4.95. The first-order chi connectivity index (χ1) is 8.56. The maximum atomic E-state index is 11.9. The number of amides is 1. The van der Waals surface area contributed by atoms with Gasteiger partial charge < -0.3 is 10.4 Å². The lowest BCUT2D eigenvalue weighted by Gasteiger charge is -2.06. The summed E-state index contributed by atoms with van der Waals surface area (Å²) in [6.07, 6.45) is 1.77. The molecule has 5 heteroatoms. The minimum atomic E-state index is -0.288. The van der Waals surface area contributed by atoms with Crippen LogP contribution in [0.3, 0.4) is 0 Å². The summed E-state index contributed by atoms with van der Waals surface area (Å²) >= 11 is 1.54. The third kappa shape index (κ3) is 2.87. The van der Waals surface area contributed by atoms with E-state index < -0.39 is 0 Å². The third-order valence-electron chi connectivity index (χ3n) is 2.47. The number of aromatic hydroxyl groups is 1. The second kappa shape index (κ2) is 5.18. The highest BCUT2D eigenvalue weighted by molar-refractivity contribution is 7.11. The van der Waals surface area contributed by atoms with Crippen molar-refractivity contribution < 1.29 is 9.90 Å². The fourth-order valence-electron chi connectivity index (χ4n) is 1.57. The Morgan fingerprint density at radius 1 is 1.44 bits per heavy atom. The van der Waals surface area contributed by atoms with E-state index in [4.69, 9.17) is 0 Å². The molecule has 1 aromatic heterocycles. The summed E-state index contributed by atoms with van der Waals surface area (Å²) in [5.74, 6) is -0.294. The van der Waals surface area contributed by atoms with E-state index in [0.29, 0.717) is 12.1 Å². The standard InChI is InChI=1S/C13H14N2O2S/c1-8-3-4-11(16)10(5-8)13(17)15-7-12-14-6-9(2)18-12/h3-6,16H,7H2,1-2H3,(H,15,17). The van der Waals surface area contributed by atoms with Crippen LogP contribution < -0.4 is 5.32 Å². The average molecular weight is 262 g/mol. The van der Waals surface area contributed by atoms with Gasteiger partial charge in [-0.05, 0) is 26.0 Å². The van der Waals surface area contributed by atoms with Crippen LogP contribution in [-0.4, -0.2) is 16.0 Å². The minimum absolute atomic E-state index is 0.00609. The Morgan fingerprint density at radius 3 is 2.89 bits per heavy atom. The summed E-state index contributed by atoms with van der Waals surface area (Å²) in [4.78, 5) is 17.2. The number of carbonyl (C=O) groups is 1. The van der Waals surface area contributed by atoms with Gasteiger partial charge in [0.15, 0.2) is 0 Å². The number of hydrogen-bond acceptors (Lipinski definition) is 4. The van der Waals surface area contributed by atoms with Crippen LogP contribution in [0.25, 0.3) is 0 Å². The molecule has 18 heavy (non-hydrogen) atoms. The number of aromatic nitrogens is 1. The van der Waals surface area contributed by atoms with Crippen molar-refractivity contribution in [3.05, 3.63) is 45.4 Å². The Bertz CT molecular complexity index is 578. The van der Waals surface area contributed by atoms with E-state index >= 15 is 0 Å². The maximum absolute atomic E-state index is 11.9. The Balaban J connectivity index is 2.05. The quantitative estimate of drug-likeness (QED) is 0.892. The molecule has 1 aromatic carbocycles. The molecule has 4 nitrogen and oxygen atoms in total. The Kier molecular flexibility index (Phi) is 3.62. The molecule has 0 atom stereocenters. The Morgan fingerprint density at radius 2 is 2.22 bits per heavy atom. The lowest BCUT2D eigenvalue weighted by Crippen LogP contribution is -2.22. The number of nitrogens with zero attached hydrogens (tertiary/aromatic N) is 1. The highest BCUT2D eigenvalue weighted by atomic mass is 32.1. The van der Waals surface area contributed by atoms with Crippen LogP contribution in [0.1, 0.15) is 25.8 Å². The first kappa shape index (κ1) is 12.6. The van der Waals surface area contributed by atoms with Crippen LogP contribution in [0.5, 0.6) is 5.75 Å². The van der Waals surface area contributed by atoms with E-state index in [1.165, 1.54) is 6.07 Å². The number of benzene rings is 1. The molecule has 1 heterocycles. The molecule has 1 amide bonds. The number of thiazole rings is 1. The molecule has 0 spiro atoms. The highest BCUT2D eigenvalue weighted by Crippen LogP contribution is 2.18. The van der Waals surface area contributed by atoms with Crippen molar-refractivity contribution in [3.8, 4) is 5.75 Å². The van der Waals surface area contributed by atoms with Crippen LogP contribution in [0.4, 0.5) is 0 Å². The van der Waals surface area contributed by atoms with Gasteiger partial charge in [0.25, 0.3) is 5.91 Å². The van der Waals surface area contributed by atoms with Gasteiger partial charge in [0.2, 0.25) is 0 Å². The summed E-state index contributed by atoms with van der Waals surface area (Å²) < 4.78 is 0. The molecular weight excluding hydrogens is 248 g/mol. The molecule has 0 unspecified atom stereocenters. The van der Waals surface area contributed by atoms with E-state index in [0.717, 1.165) is 15.4 Å². The van der Waals surface area contributed by atoms with Gasteiger partial charge in [-0.2, -0.15) is 0 Å². The lowest BCUT2D eigenvalue weighted by molar-refractivity contribution is 0.0948. The molecule has 2 rings (SSSR count). The van der Waals surface area contributed by atoms with Gasteiger partial charge in [0.05, 0.1) is 12.1 Å². The molecule has 0 aliphatic carbocycles. The van der Waals surface area contributed by atoms with Crippen LogP contribution in [0.2, 0.25) is 0 Å². The van der Waals surface area contributed by atoms with Crippen molar-refractivity contribution in [3.63, 3.8) is 0 Å². The molecule has 0 aliphatic rings. The van der Waals surface area contributed by atoms with E-state index in [-0.39, 0.29) is 11.7 Å². The van der Waals surface area contributed by atoms with E-state index in [1.54, 1.807) is 29.7 Å². The minimum Gasteiger partial charge on any atom is -0.507 e. The van der Waals surface area contributed by atoms with Gasteiger partial charge in [-0.25, -0.2) is 4.98 Å². The van der Waals surface area contributed by atoms with E-state index in [9.17, 15) is 9.90 Å². The van der Waals surface area contributed by atoms with Crippen molar-refractivity contribution in [2.24, 2.45) is 0 Å². The zero-order valence-corrected chi connectivity index (χ0v) is 11.0. The summed E-state index contributed by atoms with van der Waals surface area (Å²) in [5.41, 5.74) is 1.23. The topological polar surface area (TPSA) is 62.2 Å². The van der Waals surface area contributed by atoms with Crippen molar-refractivity contribution in [1.82, 2.24) is 10.3 Å². The third-order valence-corrected chi connectivity index (χ3v) is 3.38. The SMILES string of the molecule is Cc1ccc(O)c(C(=O)NCc2ncc(C)s2)c1. The smallest absolute Gasteiger partial charge is 0.255 e. The molecule has 0 radical (unpaired) electrons. The highest BCUT2D eigenvalue weighted by Gasteiger charge is 2.11. The maximum Gasteiger partial charge on any atom is 0.255 e. The molecule has 2 aromatic rings. The predicted molar refractivity (Wildman–Crippen MR) is 70.9 cm³/mol.